The summed E-state index contributed by atoms with van der Waals surface area (Å²) < 4.78 is 14.2. The Morgan fingerprint density at radius 3 is 2.63 bits per heavy atom. The Morgan fingerprint density at radius 1 is 1.16 bits per heavy atom. The summed E-state index contributed by atoms with van der Waals surface area (Å²) in [7, 11) is -1.29. The Kier molecular flexibility index (Phi) is 3.17. The summed E-state index contributed by atoms with van der Waals surface area (Å²) in [5, 5.41) is 5.67. The van der Waals surface area contributed by atoms with Crippen molar-refractivity contribution in [2.75, 3.05) is 31.5 Å². The van der Waals surface area contributed by atoms with E-state index >= 15 is 0 Å². The molecular weight excluding hydrogens is 266 g/mol. The summed E-state index contributed by atoms with van der Waals surface area (Å²) in [6, 6.07) is 4.87. The number of benzene rings is 1. The fraction of sp³-hybridized carbons (Fsp3) is 0.333. The van der Waals surface area contributed by atoms with E-state index in [0.717, 1.165) is 13.1 Å². The number of rotatable bonds is 2. The lowest BCUT2D eigenvalue weighted by Gasteiger charge is -2.25. The number of nitrogens with one attached hydrogen (secondary N) is 2. The third kappa shape index (κ3) is 2.20. The Morgan fingerprint density at radius 2 is 1.89 bits per heavy atom. The van der Waals surface area contributed by atoms with Crippen LogP contribution in [0.4, 0.5) is 5.69 Å². The standard InChI is InChI=1S/C12H13N3O3S/c16-11-9-7-8(1-2-10(9)14-12(11)17)19(18)15-5-3-13-4-6-15/h1-2,7,13H,3-6H2,(H,14,16,17). The molecule has 19 heavy (non-hydrogen) atoms. The zero-order chi connectivity index (χ0) is 13.4. The maximum Gasteiger partial charge on any atom is 0.296 e. The highest BCUT2D eigenvalue weighted by Gasteiger charge is 2.29. The van der Waals surface area contributed by atoms with E-state index in [1.807, 2.05) is 4.31 Å². The van der Waals surface area contributed by atoms with Gasteiger partial charge in [0, 0.05) is 26.2 Å². The van der Waals surface area contributed by atoms with Gasteiger partial charge in [-0.05, 0) is 18.2 Å². The van der Waals surface area contributed by atoms with Crippen LogP contribution in [0.5, 0.6) is 0 Å². The molecular formula is C12H13N3O3S. The lowest BCUT2D eigenvalue weighted by molar-refractivity contribution is -0.112. The maximum absolute atomic E-state index is 12.4. The molecule has 1 aromatic carbocycles. The predicted octanol–water partition coefficient (Wildman–Crippen LogP) is -0.251. The Balaban J connectivity index is 1.88. The second-order valence-electron chi connectivity index (χ2n) is 4.42. The molecule has 0 radical (unpaired) electrons. The molecule has 0 saturated carbocycles. The van der Waals surface area contributed by atoms with Crippen molar-refractivity contribution in [3.63, 3.8) is 0 Å². The molecule has 3 rings (SSSR count). The van der Waals surface area contributed by atoms with Crippen molar-refractivity contribution in [3.8, 4) is 0 Å². The molecule has 0 spiro atoms. The molecule has 1 unspecified atom stereocenters. The van der Waals surface area contributed by atoms with E-state index in [1.165, 1.54) is 0 Å². The minimum atomic E-state index is -1.29. The van der Waals surface area contributed by atoms with Gasteiger partial charge in [0.05, 0.1) is 16.1 Å². The van der Waals surface area contributed by atoms with Crippen LogP contribution >= 0.6 is 0 Å². The van der Waals surface area contributed by atoms with Gasteiger partial charge in [0.15, 0.2) is 0 Å². The first-order valence-electron chi connectivity index (χ1n) is 6.04. The summed E-state index contributed by atoms with van der Waals surface area (Å²) in [6.45, 7) is 3.01. The number of nitrogens with zero attached hydrogens (tertiary/aromatic N) is 1. The third-order valence-corrected chi connectivity index (χ3v) is 4.69. The molecule has 0 bridgehead atoms. The van der Waals surface area contributed by atoms with E-state index in [2.05, 4.69) is 10.6 Å². The van der Waals surface area contributed by atoms with Gasteiger partial charge in [-0.3, -0.25) is 9.59 Å². The van der Waals surface area contributed by atoms with Gasteiger partial charge in [0.25, 0.3) is 11.7 Å². The molecule has 2 N–H and O–H groups in total. The lowest BCUT2D eigenvalue weighted by atomic mass is 10.1. The van der Waals surface area contributed by atoms with Gasteiger partial charge in [0.2, 0.25) is 0 Å². The van der Waals surface area contributed by atoms with Crippen LogP contribution in [0.2, 0.25) is 0 Å². The molecule has 1 amide bonds. The average Bonchev–Trinajstić information content (AvgIpc) is 2.74. The summed E-state index contributed by atoms with van der Waals surface area (Å²) >= 11 is 0. The largest absolute Gasteiger partial charge is 0.318 e. The molecule has 1 atom stereocenters. The van der Waals surface area contributed by atoms with Gasteiger partial charge < -0.3 is 10.6 Å². The van der Waals surface area contributed by atoms with Gasteiger partial charge in [-0.2, -0.15) is 0 Å². The van der Waals surface area contributed by atoms with E-state index in [1.54, 1.807) is 18.2 Å². The summed E-state index contributed by atoms with van der Waals surface area (Å²) in [6.07, 6.45) is 0. The number of hydrogen-bond donors (Lipinski definition) is 2. The lowest BCUT2D eigenvalue weighted by Crippen LogP contribution is -2.44. The molecule has 0 aromatic heterocycles. The summed E-state index contributed by atoms with van der Waals surface area (Å²) in [5.74, 6) is -1.19. The summed E-state index contributed by atoms with van der Waals surface area (Å²) in [4.78, 5) is 23.4. The van der Waals surface area contributed by atoms with E-state index < -0.39 is 22.7 Å². The average molecular weight is 279 g/mol. The molecule has 100 valence electrons. The van der Waals surface area contributed by atoms with Crippen LogP contribution < -0.4 is 10.6 Å². The van der Waals surface area contributed by atoms with Crippen LogP contribution in [-0.4, -0.2) is 46.4 Å². The fourth-order valence-corrected chi connectivity index (χ4v) is 3.40. The SMILES string of the molecule is O=C1Nc2ccc(S(=O)N3CCNCC3)cc2C1=O. The van der Waals surface area contributed by atoms with E-state index in [0.29, 0.717) is 29.2 Å². The molecule has 1 aromatic rings. The quantitative estimate of drug-likeness (QED) is 0.732. The van der Waals surface area contributed by atoms with Crippen LogP contribution in [0.25, 0.3) is 0 Å². The number of carbonyl (C=O) groups excluding carboxylic acids is 2. The van der Waals surface area contributed by atoms with Gasteiger partial charge in [-0.1, -0.05) is 0 Å². The van der Waals surface area contributed by atoms with Crippen LogP contribution in [0.15, 0.2) is 23.1 Å². The zero-order valence-corrected chi connectivity index (χ0v) is 11.0. The van der Waals surface area contributed by atoms with E-state index in [9.17, 15) is 13.8 Å². The molecule has 1 saturated heterocycles. The Hall–Kier alpha value is -1.57. The molecule has 7 heteroatoms. The highest BCUT2D eigenvalue weighted by atomic mass is 32.2. The van der Waals surface area contributed by atoms with Crippen molar-refractivity contribution in [2.45, 2.75) is 4.90 Å². The fourth-order valence-electron chi connectivity index (χ4n) is 2.19. The van der Waals surface area contributed by atoms with Crippen molar-refractivity contribution >= 4 is 28.4 Å². The number of piperazine rings is 1. The molecule has 0 aliphatic carbocycles. The van der Waals surface area contributed by atoms with Crippen LogP contribution in [0.1, 0.15) is 10.4 Å². The number of hydrogen-bond acceptors (Lipinski definition) is 4. The molecule has 2 heterocycles. The number of ketones is 1. The van der Waals surface area contributed by atoms with Crippen molar-refractivity contribution in [3.05, 3.63) is 23.8 Å². The van der Waals surface area contributed by atoms with E-state index in [-0.39, 0.29) is 0 Å². The topological polar surface area (TPSA) is 78.5 Å². The smallest absolute Gasteiger partial charge is 0.296 e. The van der Waals surface area contributed by atoms with Crippen molar-refractivity contribution in [1.29, 1.82) is 0 Å². The highest BCUT2D eigenvalue weighted by molar-refractivity contribution is 7.82. The van der Waals surface area contributed by atoms with Crippen molar-refractivity contribution < 1.29 is 13.8 Å². The first-order valence-corrected chi connectivity index (χ1v) is 7.15. The van der Waals surface area contributed by atoms with Crippen LogP contribution in [0, 0.1) is 0 Å². The molecule has 2 aliphatic rings. The number of Topliss-reactive ketones (excluding diaryl/α,β-unsaturated/α-hetero) is 1. The summed E-state index contributed by atoms with van der Waals surface area (Å²) in [5.41, 5.74) is 0.807. The second kappa shape index (κ2) is 4.84. The van der Waals surface area contributed by atoms with Gasteiger partial charge >= 0.3 is 0 Å². The Bertz CT molecular complexity index is 582. The first kappa shape index (κ1) is 12.5. The maximum atomic E-state index is 12.4. The van der Waals surface area contributed by atoms with Gasteiger partial charge in [0.1, 0.15) is 11.0 Å². The first-order chi connectivity index (χ1) is 9.16. The molecule has 1 fully saturated rings. The number of carbonyl (C=O) groups is 2. The number of anilines is 1. The Labute approximate surface area is 112 Å². The third-order valence-electron chi connectivity index (χ3n) is 3.20. The monoisotopic (exact) mass is 279 g/mol. The predicted molar refractivity (Wildman–Crippen MR) is 70.3 cm³/mol. The molecule has 2 aliphatic heterocycles. The normalized spacial score (nSPS) is 21.1. The molecule has 6 nitrogen and oxygen atoms in total. The second-order valence-corrected chi connectivity index (χ2v) is 5.90. The van der Waals surface area contributed by atoms with Crippen LogP contribution in [0.3, 0.4) is 0 Å². The minimum Gasteiger partial charge on any atom is -0.318 e. The zero-order valence-electron chi connectivity index (χ0n) is 10.1. The van der Waals surface area contributed by atoms with Gasteiger partial charge in [-0.15, -0.1) is 0 Å². The van der Waals surface area contributed by atoms with Gasteiger partial charge in [-0.25, -0.2) is 8.51 Å². The number of amides is 1. The van der Waals surface area contributed by atoms with E-state index in [4.69, 9.17) is 0 Å². The highest BCUT2D eigenvalue weighted by Crippen LogP contribution is 2.26. The van der Waals surface area contributed by atoms with Crippen molar-refractivity contribution in [2.24, 2.45) is 0 Å². The van der Waals surface area contributed by atoms with Crippen molar-refractivity contribution in [1.82, 2.24) is 9.62 Å². The van der Waals surface area contributed by atoms with Crippen LogP contribution in [-0.2, 0) is 15.8 Å². The number of fused-ring (bicyclic) bond motifs is 1. The minimum absolute atomic E-state index is 0.311.